The Morgan fingerprint density at radius 3 is 2.28 bits per heavy atom. The van der Waals surface area contributed by atoms with Gasteiger partial charge >= 0.3 is 0 Å². The third-order valence-corrected chi connectivity index (χ3v) is 5.58. The molecule has 0 radical (unpaired) electrons. The van der Waals surface area contributed by atoms with Gasteiger partial charge in [0.2, 0.25) is 5.95 Å². The third-order valence-electron chi connectivity index (χ3n) is 5.58. The van der Waals surface area contributed by atoms with Gasteiger partial charge in [0, 0.05) is 23.0 Å². The number of para-hydroxylation sites is 1. The molecular formula is C21H21N3O. The van der Waals surface area contributed by atoms with E-state index in [-0.39, 0.29) is 6.10 Å². The van der Waals surface area contributed by atoms with Crippen LogP contribution in [0.4, 0.5) is 5.95 Å². The lowest BCUT2D eigenvalue weighted by Gasteiger charge is -2.37. The number of anilines is 1. The van der Waals surface area contributed by atoms with E-state index in [9.17, 15) is 5.11 Å². The maximum absolute atomic E-state index is 10.1. The number of fused-ring (bicyclic) bond motifs is 3. The first-order chi connectivity index (χ1) is 12.3. The Kier molecular flexibility index (Phi) is 3.45. The van der Waals surface area contributed by atoms with Gasteiger partial charge in [-0.3, -0.25) is 0 Å². The summed E-state index contributed by atoms with van der Waals surface area (Å²) >= 11 is 0. The van der Waals surface area contributed by atoms with Crippen LogP contribution in [-0.2, 0) is 0 Å². The fourth-order valence-electron chi connectivity index (χ4n) is 4.47. The zero-order chi connectivity index (χ0) is 16.8. The summed E-state index contributed by atoms with van der Waals surface area (Å²) in [6, 6.07) is 19.3. The maximum Gasteiger partial charge on any atom is 0.227 e. The quantitative estimate of drug-likeness (QED) is 0.776. The van der Waals surface area contributed by atoms with Crippen LogP contribution in [0.25, 0.3) is 22.2 Å². The maximum atomic E-state index is 10.1. The zero-order valence-corrected chi connectivity index (χ0v) is 14.0. The van der Waals surface area contributed by atoms with E-state index in [1.54, 1.807) is 0 Å². The van der Waals surface area contributed by atoms with Gasteiger partial charge in [-0.15, -0.1) is 0 Å². The number of hydrogen-bond acceptors (Lipinski definition) is 4. The number of piperidine rings is 1. The van der Waals surface area contributed by atoms with E-state index in [1.807, 2.05) is 30.3 Å². The van der Waals surface area contributed by atoms with Crippen molar-refractivity contribution in [3.63, 3.8) is 0 Å². The van der Waals surface area contributed by atoms with Gasteiger partial charge in [0.1, 0.15) is 0 Å². The second-order valence-electron chi connectivity index (χ2n) is 7.17. The number of aliphatic hydroxyl groups excluding tert-OH is 1. The Hall–Kier alpha value is -2.46. The van der Waals surface area contributed by atoms with Crippen molar-refractivity contribution in [2.75, 3.05) is 4.90 Å². The Bertz CT molecular complexity index is 897. The van der Waals surface area contributed by atoms with Crippen molar-refractivity contribution in [2.24, 2.45) is 0 Å². The number of nitrogens with zero attached hydrogens (tertiary/aromatic N) is 3. The lowest BCUT2D eigenvalue weighted by atomic mass is 10.0. The molecule has 1 aromatic heterocycles. The van der Waals surface area contributed by atoms with Crippen LogP contribution < -0.4 is 4.90 Å². The van der Waals surface area contributed by atoms with E-state index in [4.69, 9.17) is 9.97 Å². The number of aliphatic hydroxyl groups is 1. The van der Waals surface area contributed by atoms with E-state index in [0.29, 0.717) is 12.1 Å². The monoisotopic (exact) mass is 331 g/mol. The standard InChI is InChI=1S/C21H21N3O/c25-17-12-15-10-11-16(13-17)24(15)21-22-19-9-5-4-8-18(19)20(23-21)14-6-2-1-3-7-14/h1-9,15-17,25H,10-13H2. The van der Waals surface area contributed by atoms with Gasteiger partial charge in [0.25, 0.3) is 0 Å². The molecule has 2 fully saturated rings. The normalized spacial score (nSPS) is 25.5. The Balaban J connectivity index is 1.68. The SMILES string of the molecule is OC1CC2CCC(C1)N2c1nc(-c2ccccc2)c2ccccc2n1. The summed E-state index contributed by atoms with van der Waals surface area (Å²) in [6.45, 7) is 0. The van der Waals surface area contributed by atoms with E-state index in [0.717, 1.165) is 53.8 Å². The number of benzene rings is 2. The summed E-state index contributed by atoms with van der Waals surface area (Å²) in [6.07, 6.45) is 3.72. The van der Waals surface area contributed by atoms with E-state index >= 15 is 0 Å². The van der Waals surface area contributed by atoms with Crippen molar-refractivity contribution in [2.45, 2.75) is 43.9 Å². The highest BCUT2D eigenvalue weighted by molar-refractivity contribution is 5.93. The van der Waals surface area contributed by atoms with Crippen molar-refractivity contribution in [1.82, 2.24) is 9.97 Å². The van der Waals surface area contributed by atoms with Gasteiger partial charge in [0.15, 0.2) is 0 Å². The molecule has 0 aliphatic carbocycles. The molecule has 2 bridgehead atoms. The first-order valence-corrected chi connectivity index (χ1v) is 9.08. The van der Waals surface area contributed by atoms with Crippen molar-refractivity contribution in [3.05, 3.63) is 54.6 Å². The molecule has 2 aromatic carbocycles. The predicted octanol–water partition coefficient (Wildman–Crippen LogP) is 3.79. The molecule has 1 N–H and O–H groups in total. The highest BCUT2D eigenvalue weighted by Gasteiger charge is 2.41. The molecule has 4 nitrogen and oxygen atoms in total. The zero-order valence-electron chi connectivity index (χ0n) is 14.0. The molecule has 2 saturated heterocycles. The van der Waals surface area contributed by atoms with Crippen molar-refractivity contribution in [1.29, 1.82) is 0 Å². The molecule has 0 amide bonds. The summed E-state index contributed by atoms with van der Waals surface area (Å²) in [4.78, 5) is 12.2. The van der Waals surface area contributed by atoms with Gasteiger partial charge in [-0.25, -0.2) is 9.97 Å². The lowest BCUT2D eigenvalue weighted by Crippen LogP contribution is -2.45. The van der Waals surface area contributed by atoms with Crippen LogP contribution in [0, 0.1) is 0 Å². The highest BCUT2D eigenvalue weighted by Crippen LogP contribution is 2.39. The minimum absolute atomic E-state index is 0.178. The van der Waals surface area contributed by atoms with Gasteiger partial charge in [-0.2, -0.15) is 0 Å². The van der Waals surface area contributed by atoms with Crippen LogP contribution in [0.3, 0.4) is 0 Å². The van der Waals surface area contributed by atoms with Crippen LogP contribution >= 0.6 is 0 Å². The predicted molar refractivity (Wildman–Crippen MR) is 99.5 cm³/mol. The summed E-state index contributed by atoms with van der Waals surface area (Å²) < 4.78 is 0. The molecule has 0 saturated carbocycles. The van der Waals surface area contributed by atoms with Crippen LogP contribution in [0.2, 0.25) is 0 Å². The molecular weight excluding hydrogens is 310 g/mol. The van der Waals surface area contributed by atoms with Gasteiger partial charge in [-0.1, -0.05) is 48.5 Å². The first kappa shape index (κ1) is 14.8. The lowest BCUT2D eigenvalue weighted by molar-refractivity contribution is 0.125. The average Bonchev–Trinajstić information content (AvgIpc) is 2.93. The van der Waals surface area contributed by atoms with E-state index in [1.165, 1.54) is 0 Å². The van der Waals surface area contributed by atoms with Crippen molar-refractivity contribution in [3.8, 4) is 11.3 Å². The van der Waals surface area contributed by atoms with E-state index < -0.39 is 0 Å². The highest BCUT2D eigenvalue weighted by atomic mass is 16.3. The average molecular weight is 331 g/mol. The largest absolute Gasteiger partial charge is 0.393 e. The molecule has 126 valence electrons. The Morgan fingerprint density at radius 2 is 1.52 bits per heavy atom. The van der Waals surface area contributed by atoms with Crippen LogP contribution in [0.15, 0.2) is 54.6 Å². The molecule has 2 aliphatic rings. The van der Waals surface area contributed by atoms with Crippen LogP contribution in [-0.4, -0.2) is 33.3 Å². The van der Waals surface area contributed by atoms with Gasteiger partial charge in [0.05, 0.1) is 17.3 Å². The summed E-state index contributed by atoms with van der Waals surface area (Å²) in [5.41, 5.74) is 3.09. The van der Waals surface area contributed by atoms with Crippen LogP contribution in [0.1, 0.15) is 25.7 Å². The number of aromatic nitrogens is 2. The van der Waals surface area contributed by atoms with Crippen LogP contribution in [0.5, 0.6) is 0 Å². The second kappa shape index (κ2) is 5.81. The summed E-state index contributed by atoms with van der Waals surface area (Å²) in [7, 11) is 0. The number of hydrogen-bond donors (Lipinski definition) is 1. The molecule has 5 rings (SSSR count). The molecule has 2 unspecified atom stereocenters. The molecule has 2 aliphatic heterocycles. The van der Waals surface area contributed by atoms with Gasteiger partial charge < -0.3 is 10.0 Å². The summed E-state index contributed by atoms with van der Waals surface area (Å²) in [5.74, 6) is 0.817. The Labute approximate surface area is 147 Å². The van der Waals surface area contributed by atoms with E-state index in [2.05, 4.69) is 29.2 Å². The minimum Gasteiger partial charge on any atom is -0.393 e. The van der Waals surface area contributed by atoms with Crippen molar-refractivity contribution >= 4 is 16.9 Å². The fraction of sp³-hybridized carbons (Fsp3) is 0.333. The molecule has 3 aromatic rings. The molecule has 4 heteroatoms. The second-order valence-corrected chi connectivity index (χ2v) is 7.17. The third kappa shape index (κ3) is 2.48. The molecule has 2 atom stereocenters. The molecule has 0 spiro atoms. The minimum atomic E-state index is -0.178. The molecule has 25 heavy (non-hydrogen) atoms. The molecule has 3 heterocycles. The summed E-state index contributed by atoms with van der Waals surface area (Å²) in [5, 5.41) is 11.2. The fourth-order valence-corrected chi connectivity index (χ4v) is 4.47. The topological polar surface area (TPSA) is 49.2 Å². The number of rotatable bonds is 2. The first-order valence-electron chi connectivity index (χ1n) is 9.08. The van der Waals surface area contributed by atoms with Crippen molar-refractivity contribution < 1.29 is 5.11 Å². The van der Waals surface area contributed by atoms with Gasteiger partial charge in [-0.05, 0) is 31.7 Å². The Morgan fingerprint density at radius 1 is 0.840 bits per heavy atom. The smallest absolute Gasteiger partial charge is 0.227 e.